The lowest BCUT2D eigenvalue weighted by molar-refractivity contribution is -0.183. The van der Waals surface area contributed by atoms with Crippen molar-refractivity contribution in [1.29, 1.82) is 0 Å². The van der Waals surface area contributed by atoms with Gasteiger partial charge >= 0.3 is 0 Å². The van der Waals surface area contributed by atoms with Gasteiger partial charge in [-0.3, -0.25) is 0 Å². The van der Waals surface area contributed by atoms with Gasteiger partial charge in [0, 0.05) is 9.49 Å². The van der Waals surface area contributed by atoms with E-state index in [4.69, 9.17) is 0 Å². The fourth-order valence-electron chi connectivity index (χ4n) is 7.72. The van der Waals surface area contributed by atoms with Gasteiger partial charge in [-0.2, -0.15) is 0 Å². The van der Waals surface area contributed by atoms with E-state index in [1.54, 1.807) is 12.8 Å². The van der Waals surface area contributed by atoms with Crippen molar-refractivity contribution in [2.75, 3.05) is 0 Å². The SMILES string of the molecule is CC1(C)SC12C1C3CC4C5C(C3)C2C5C41. The topological polar surface area (TPSA) is 0 Å². The Labute approximate surface area is 95.6 Å². The van der Waals surface area contributed by atoms with Gasteiger partial charge in [0.05, 0.1) is 0 Å². The molecule has 0 radical (unpaired) electrons. The van der Waals surface area contributed by atoms with Gasteiger partial charge in [-0.25, -0.2) is 0 Å². The molecule has 1 heteroatoms. The minimum atomic E-state index is 0.663. The summed E-state index contributed by atoms with van der Waals surface area (Å²) in [5.74, 6) is 9.74. The van der Waals surface area contributed by atoms with Gasteiger partial charge in [0.15, 0.2) is 0 Å². The molecule has 0 N–H and O–H groups in total. The summed E-state index contributed by atoms with van der Waals surface area (Å²) in [7, 11) is 0. The van der Waals surface area contributed by atoms with Crippen LogP contribution in [0.25, 0.3) is 0 Å². The molecular formula is C14H18S. The van der Waals surface area contributed by atoms with Gasteiger partial charge in [-0.1, -0.05) is 0 Å². The van der Waals surface area contributed by atoms with Gasteiger partial charge in [-0.15, -0.1) is 11.8 Å². The van der Waals surface area contributed by atoms with E-state index in [0.29, 0.717) is 4.75 Å². The zero-order valence-corrected chi connectivity index (χ0v) is 10.3. The molecule has 6 saturated carbocycles. The van der Waals surface area contributed by atoms with Crippen LogP contribution in [0.15, 0.2) is 0 Å². The molecule has 1 saturated heterocycles. The van der Waals surface area contributed by atoms with Crippen LogP contribution in [0.2, 0.25) is 0 Å². The first-order chi connectivity index (χ1) is 7.17. The maximum Gasteiger partial charge on any atom is 0.0374 e. The Morgan fingerprint density at radius 2 is 1.67 bits per heavy atom. The second-order valence-corrected chi connectivity index (χ2v) is 9.65. The first-order valence-electron chi connectivity index (χ1n) is 6.87. The van der Waals surface area contributed by atoms with E-state index in [9.17, 15) is 0 Å². The minimum absolute atomic E-state index is 0.663. The molecule has 7 aliphatic rings. The summed E-state index contributed by atoms with van der Waals surface area (Å²) in [6, 6.07) is 0. The number of rotatable bonds is 0. The molecule has 0 amide bonds. The highest BCUT2D eigenvalue weighted by atomic mass is 32.2. The van der Waals surface area contributed by atoms with Crippen LogP contribution < -0.4 is 0 Å². The monoisotopic (exact) mass is 218 g/mol. The molecule has 7 fully saturated rings. The van der Waals surface area contributed by atoms with Crippen molar-refractivity contribution < 1.29 is 0 Å². The standard InChI is InChI=1S/C14H18S/c1-13(2)14(15-13)11-5-3-6-8-7(4-5)12(14)10(8)9(6)11/h5-12H,3-4H2,1-2H3. The molecule has 9 atom stereocenters. The molecule has 0 aromatic rings. The van der Waals surface area contributed by atoms with E-state index in [1.807, 2.05) is 0 Å². The fraction of sp³-hybridized carbons (Fsp3) is 1.00. The third-order valence-electron chi connectivity index (χ3n) is 7.63. The summed E-state index contributed by atoms with van der Waals surface area (Å²) in [5.41, 5.74) is 0. The van der Waals surface area contributed by atoms with Crippen molar-refractivity contribution >= 4 is 11.8 Å². The number of thioether (sulfide) groups is 1. The maximum absolute atomic E-state index is 2.54. The van der Waals surface area contributed by atoms with Gasteiger partial charge < -0.3 is 0 Å². The molecule has 9 unspecified atom stereocenters. The molecule has 1 spiro atoms. The predicted octanol–water partition coefficient (Wildman–Crippen LogP) is 3.03. The van der Waals surface area contributed by atoms with Crippen LogP contribution in [0.1, 0.15) is 26.7 Å². The largest absolute Gasteiger partial charge is 0.145 e. The summed E-state index contributed by atoms with van der Waals surface area (Å²) in [5, 5.41) is 0. The Hall–Kier alpha value is 0.350. The van der Waals surface area contributed by atoms with Crippen molar-refractivity contribution in [3.63, 3.8) is 0 Å². The van der Waals surface area contributed by atoms with Crippen LogP contribution in [0.3, 0.4) is 0 Å². The molecule has 1 aliphatic heterocycles. The molecule has 0 aromatic carbocycles. The van der Waals surface area contributed by atoms with Crippen LogP contribution in [0.5, 0.6) is 0 Å². The van der Waals surface area contributed by atoms with E-state index in [-0.39, 0.29) is 0 Å². The molecule has 6 aliphatic carbocycles. The second-order valence-electron chi connectivity index (χ2n) is 7.75. The molecule has 7 rings (SSSR count). The Morgan fingerprint density at radius 3 is 2.40 bits per heavy atom. The maximum atomic E-state index is 2.54. The van der Waals surface area contributed by atoms with Crippen LogP contribution in [0.4, 0.5) is 0 Å². The number of hydrogen-bond donors (Lipinski definition) is 0. The van der Waals surface area contributed by atoms with E-state index in [1.165, 1.54) is 47.3 Å². The highest BCUT2D eigenvalue weighted by Gasteiger charge is 2.92. The Kier molecular flexibility index (Phi) is 0.840. The molecule has 0 aromatic heterocycles. The van der Waals surface area contributed by atoms with E-state index >= 15 is 0 Å². The predicted molar refractivity (Wildman–Crippen MR) is 61.6 cm³/mol. The minimum Gasteiger partial charge on any atom is -0.145 e. The normalized spacial score (nSPS) is 82.0. The molecule has 15 heavy (non-hydrogen) atoms. The number of hydrogen-bond acceptors (Lipinski definition) is 1. The quantitative estimate of drug-likeness (QED) is 0.563. The summed E-state index contributed by atoms with van der Waals surface area (Å²) in [4.78, 5) is 0. The van der Waals surface area contributed by atoms with Crippen molar-refractivity contribution in [2.45, 2.75) is 36.2 Å². The van der Waals surface area contributed by atoms with Crippen LogP contribution >= 0.6 is 11.8 Å². The van der Waals surface area contributed by atoms with E-state index in [2.05, 4.69) is 25.6 Å². The molecule has 80 valence electrons. The second kappa shape index (κ2) is 1.65. The van der Waals surface area contributed by atoms with Crippen LogP contribution in [0, 0.1) is 47.3 Å². The average Bonchev–Trinajstić information content (AvgIpc) is 2.59. The Balaban J connectivity index is 1.65. The summed E-state index contributed by atoms with van der Waals surface area (Å²) >= 11 is 2.39. The van der Waals surface area contributed by atoms with Gasteiger partial charge in [-0.05, 0) is 74.0 Å². The van der Waals surface area contributed by atoms with Gasteiger partial charge in [0.25, 0.3) is 0 Å². The van der Waals surface area contributed by atoms with E-state index in [0.717, 1.165) is 4.75 Å². The van der Waals surface area contributed by atoms with Gasteiger partial charge in [0.1, 0.15) is 0 Å². The lowest BCUT2D eigenvalue weighted by atomic mass is 9.38. The van der Waals surface area contributed by atoms with E-state index < -0.39 is 0 Å². The lowest BCUT2D eigenvalue weighted by Crippen LogP contribution is -2.64. The molecule has 1 heterocycles. The van der Waals surface area contributed by atoms with Gasteiger partial charge in [0.2, 0.25) is 0 Å². The summed E-state index contributed by atoms with van der Waals surface area (Å²) in [6.07, 6.45) is 3.31. The molecule has 5 bridgehead atoms. The average molecular weight is 218 g/mol. The highest BCUT2D eigenvalue weighted by molar-refractivity contribution is 8.09. The lowest BCUT2D eigenvalue weighted by Gasteiger charge is -2.66. The fourth-order valence-corrected chi connectivity index (χ4v) is 9.74. The third-order valence-corrected chi connectivity index (χ3v) is 9.67. The Bertz CT molecular complexity index is 408. The summed E-state index contributed by atoms with van der Waals surface area (Å²) in [6.45, 7) is 5.09. The highest BCUT2D eigenvalue weighted by Crippen LogP contribution is 2.95. The molecule has 0 nitrogen and oxygen atoms in total. The van der Waals surface area contributed by atoms with Crippen LogP contribution in [-0.4, -0.2) is 9.49 Å². The zero-order valence-electron chi connectivity index (χ0n) is 9.44. The third kappa shape index (κ3) is 0.455. The summed E-state index contributed by atoms with van der Waals surface area (Å²) < 4.78 is 1.48. The van der Waals surface area contributed by atoms with Crippen molar-refractivity contribution in [1.82, 2.24) is 0 Å². The van der Waals surface area contributed by atoms with Crippen molar-refractivity contribution in [3.8, 4) is 0 Å². The first kappa shape index (κ1) is 7.63. The zero-order chi connectivity index (χ0) is 9.74. The first-order valence-corrected chi connectivity index (χ1v) is 7.69. The van der Waals surface area contributed by atoms with Crippen molar-refractivity contribution in [3.05, 3.63) is 0 Å². The van der Waals surface area contributed by atoms with Crippen molar-refractivity contribution in [2.24, 2.45) is 47.3 Å². The molecular weight excluding hydrogens is 200 g/mol. The Morgan fingerprint density at radius 1 is 0.933 bits per heavy atom. The van der Waals surface area contributed by atoms with Crippen LogP contribution in [-0.2, 0) is 0 Å². The smallest absolute Gasteiger partial charge is 0.0374 e.